The molecule has 0 bridgehead atoms. The lowest BCUT2D eigenvalue weighted by Gasteiger charge is -2.17. The topological polar surface area (TPSA) is 54.7 Å². The molecular weight excluding hydrogens is 336 g/mol. The molecule has 6 heteroatoms. The number of benzene rings is 1. The van der Waals surface area contributed by atoms with Gasteiger partial charge in [-0.2, -0.15) is 0 Å². The molecule has 112 valence electrons. The molecule has 0 radical (unpaired) electrons. The summed E-state index contributed by atoms with van der Waals surface area (Å²) >= 11 is 3.24. The number of hydrogen-bond acceptors (Lipinski definition) is 3. The van der Waals surface area contributed by atoms with Gasteiger partial charge in [0.25, 0.3) is 0 Å². The minimum Gasteiger partial charge on any atom is -0.452 e. The van der Waals surface area contributed by atoms with E-state index in [9.17, 15) is 4.79 Å². The first-order valence-electron chi connectivity index (χ1n) is 6.42. The first kappa shape index (κ1) is 15.6. The average molecular weight is 353 g/mol. The molecule has 0 fully saturated rings. The van der Waals surface area contributed by atoms with E-state index < -0.39 is 0 Å². The number of ether oxygens (including phenoxy) is 1. The van der Waals surface area contributed by atoms with Gasteiger partial charge in [-0.1, -0.05) is 12.1 Å². The second-order valence-corrected chi connectivity index (χ2v) is 5.41. The van der Waals surface area contributed by atoms with Gasteiger partial charge in [0, 0.05) is 19.8 Å². The first-order valence-corrected chi connectivity index (χ1v) is 7.22. The summed E-state index contributed by atoms with van der Waals surface area (Å²) in [6.07, 6.45) is 0. The minimum atomic E-state index is -0.197. The molecule has 2 rings (SSSR count). The maximum absolute atomic E-state index is 12.1. The SMILES string of the molecule is COCc1cccc(NC(=O)N(C)Cc2ccc(Br)o2)c1. The van der Waals surface area contributed by atoms with Gasteiger partial charge in [-0.3, -0.25) is 0 Å². The Kier molecular flexibility index (Phi) is 5.41. The number of rotatable bonds is 5. The van der Waals surface area contributed by atoms with E-state index in [-0.39, 0.29) is 6.03 Å². The predicted octanol–water partition coefficient (Wildman–Crippen LogP) is 3.85. The van der Waals surface area contributed by atoms with Crippen molar-refractivity contribution in [3.8, 4) is 0 Å². The molecule has 0 aliphatic heterocycles. The summed E-state index contributed by atoms with van der Waals surface area (Å²) in [6, 6.07) is 11.0. The van der Waals surface area contributed by atoms with Crippen molar-refractivity contribution in [3.05, 3.63) is 52.4 Å². The molecule has 21 heavy (non-hydrogen) atoms. The molecule has 5 nitrogen and oxygen atoms in total. The molecule has 0 aliphatic rings. The molecule has 1 aromatic heterocycles. The molecule has 1 N–H and O–H groups in total. The Labute approximate surface area is 132 Å². The summed E-state index contributed by atoms with van der Waals surface area (Å²) in [5.74, 6) is 0.715. The number of urea groups is 1. The zero-order valence-electron chi connectivity index (χ0n) is 11.9. The summed E-state index contributed by atoms with van der Waals surface area (Å²) in [7, 11) is 3.35. The Balaban J connectivity index is 1.95. The summed E-state index contributed by atoms with van der Waals surface area (Å²) in [5, 5.41) is 2.85. The molecule has 0 aliphatic carbocycles. The van der Waals surface area contributed by atoms with E-state index in [0.29, 0.717) is 23.6 Å². The fraction of sp³-hybridized carbons (Fsp3) is 0.267. The van der Waals surface area contributed by atoms with E-state index in [0.717, 1.165) is 11.3 Å². The van der Waals surface area contributed by atoms with Gasteiger partial charge in [-0.05, 0) is 45.8 Å². The maximum atomic E-state index is 12.1. The number of carbonyl (C=O) groups is 1. The van der Waals surface area contributed by atoms with Gasteiger partial charge in [-0.15, -0.1) is 0 Å². The van der Waals surface area contributed by atoms with Crippen molar-refractivity contribution in [1.82, 2.24) is 4.90 Å². The summed E-state index contributed by atoms with van der Waals surface area (Å²) < 4.78 is 11.1. The lowest BCUT2D eigenvalue weighted by Crippen LogP contribution is -2.30. The van der Waals surface area contributed by atoms with Crippen LogP contribution in [-0.4, -0.2) is 25.1 Å². The number of anilines is 1. The van der Waals surface area contributed by atoms with Crippen LogP contribution < -0.4 is 5.32 Å². The quantitative estimate of drug-likeness (QED) is 0.888. The normalized spacial score (nSPS) is 10.4. The van der Waals surface area contributed by atoms with Crippen LogP contribution in [0.2, 0.25) is 0 Å². The molecular formula is C15H17BrN2O3. The average Bonchev–Trinajstić information content (AvgIpc) is 2.85. The summed E-state index contributed by atoms with van der Waals surface area (Å²) in [4.78, 5) is 13.7. The molecule has 1 heterocycles. The van der Waals surface area contributed by atoms with Crippen molar-refractivity contribution >= 4 is 27.6 Å². The van der Waals surface area contributed by atoms with Crippen LogP contribution in [0.15, 0.2) is 45.5 Å². The molecule has 2 aromatic rings. The number of amides is 2. The van der Waals surface area contributed by atoms with E-state index >= 15 is 0 Å². The van der Waals surface area contributed by atoms with Crippen molar-refractivity contribution < 1.29 is 13.9 Å². The Bertz CT molecular complexity index is 612. The zero-order valence-corrected chi connectivity index (χ0v) is 13.5. The van der Waals surface area contributed by atoms with E-state index in [1.54, 1.807) is 25.1 Å². The van der Waals surface area contributed by atoms with Crippen LogP contribution in [0, 0.1) is 0 Å². The van der Waals surface area contributed by atoms with Gasteiger partial charge in [-0.25, -0.2) is 4.79 Å². The monoisotopic (exact) mass is 352 g/mol. The minimum absolute atomic E-state index is 0.197. The van der Waals surface area contributed by atoms with Crippen LogP contribution in [0.3, 0.4) is 0 Å². The van der Waals surface area contributed by atoms with Crippen molar-refractivity contribution in [1.29, 1.82) is 0 Å². The highest BCUT2D eigenvalue weighted by atomic mass is 79.9. The van der Waals surface area contributed by atoms with Crippen molar-refractivity contribution in [2.75, 3.05) is 19.5 Å². The summed E-state index contributed by atoms with van der Waals surface area (Å²) in [6.45, 7) is 0.912. The van der Waals surface area contributed by atoms with E-state index in [2.05, 4.69) is 21.2 Å². The standard InChI is InChI=1S/C15H17BrN2O3/c1-18(9-13-6-7-14(16)21-13)15(19)17-12-5-3-4-11(8-12)10-20-2/h3-8H,9-10H2,1-2H3,(H,17,19). The molecule has 0 spiro atoms. The second kappa shape index (κ2) is 7.28. The Morgan fingerprint density at radius 1 is 1.38 bits per heavy atom. The molecule has 0 atom stereocenters. The molecule has 2 amide bonds. The van der Waals surface area contributed by atoms with E-state index in [1.807, 2.05) is 30.3 Å². The van der Waals surface area contributed by atoms with Crippen LogP contribution in [0.1, 0.15) is 11.3 Å². The highest BCUT2D eigenvalue weighted by Crippen LogP contribution is 2.16. The Hall–Kier alpha value is -1.79. The lowest BCUT2D eigenvalue weighted by molar-refractivity contribution is 0.185. The highest BCUT2D eigenvalue weighted by Gasteiger charge is 2.11. The third-order valence-electron chi connectivity index (χ3n) is 2.86. The van der Waals surface area contributed by atoms with Crippen LogP contribution in [0.5, 0.6) is 0 Å². The van der Waals surface area contributed by atoms with Crippen molar-refractivity contribution in [2.45, 2.75) is 13.2 Å². The van der Waals surface area contributed by atoms with Gasteiger partial charge in [0.1, 0.15) is 5.76 Å². The Morgan fingerprint density at radius 2 is 2.19 bits per heavy atom. The zero-order chi connectivity index (χ0) is 15.2. The van der Waals surface area contributed by atoms with E-state index in [1.165, 1.54) is 0 Å². The number of methoxy groups -OCH3 is 1. The third kappa shape index (κ3) is 4.61. The van der Waals surface area contributed by atoms with Crippen LogP contribution in [0.25, 0.3) is 0 Å². The third-order valence-corrected chi connectivity index (χ3v) is 3.28. The second-order valence-electron chi connectivity index (χ2n) is 4.63. The number of nitrogens with one attached hydrogen (secondary N) is 1. The number of furan rings is 1. The maximum Gasteiger partial charge on any atom is 0.321 e. The largest absolute Gasteiger partial charge is 0.452 e. The van der Waals surface area contributed by atoms with Crippen LogP contribution in [-0.2, 0) is 17.9 Å². The smallest absolute Gasteiger partial charge is 0.321 e. The number of hydrogen-bond donors (Lipinski definition) is 1. The number of halogens is 1. The van der Waals surface area contributed by atoms with Crippen molar-refractivity contribution in [2.24, 2.45) is 0 Å². The van der Waals surface area contributed by atoms with Crippen LogP contribution in [0.4, 0.5) is 10.5 Å². The molecule has 1 aromatic carbocycles. The molecule has 0 saturated carbocycles. The fourth-order valence-corrected chi connectivity index (χ4v) is 2.21. The van der Waals surface area contributed by atoms with Gasteiger partial charge >= 0.3 is 6.03 Å². The van der Waals surface area contributed by atoms with Crippen LogP contribution >= 0.6 is 15.9 Å². The lowest BCUT2D eigenvalue weighted by atomic mass is 10.2. The van der Waals surface area contributed by atoms with Crippen molar-refractivity contribution in [3.63, 3.8) is 0 Å². The van der Waals surface area contributed by atoms with E-state index in [4.69, 9.17) is 9.15 Å². The van der Waals surface area contributed by atoms with Gasteiger partial charge < -0.3 is 19.4 Å². The molecule has 0 unspecified atom stereocenters. The number of carbonyl (C=O) groups excluding carboxylic acids is 1. The Morgan fingerprint density at radius 3 is 2.86 bits per heavy atom. The predicted molar refractivity (Wildman–Crippen MR) is 84.0 cm³/mol. The van der Waals surface area contributed by atoms with Gasteiger partial charge in [0.15, 0.2) is 4.67 Å². The molecule has 0 saturated heterocycles. The number of nitrogens with zero attached hydrogens (tertiary/aromatic N) is 1. The highest BCUT2D eigenvalue weighted by molar-refractivity contribution is 9.10. The van der Waals surface area contributed by atoms with Gasteiger partial charge in [0.05, 0.1) is 13.2 Å². The first-order chi connectivity index (χ1) is 10.1. The summed E-state index contributed by atoms with van der Waals surface area (Å²) in [5.41, 5.74) is 1.75. The van der Waals surface area contributed by atoms with Gasteiger partial charge in [0.2, 0.25) is 0 Å². The fourth-order valence-electron chi connectivity index (χ4n) is 1.87.